The van der Waals surface area contributed by atoms with Gasteiger partial charge in [-0.2, -0.15) is 0 Å². The van der Waals surface area contributed by atoms with Crippen molar-refractivity contribution in [2.24, 2.45) is 0 Å². The Morgan fingerprint density at radius 3 is 1.73 bits per heavy atom. The highest BCUT2D eigenvalue weighted by atomic mass is 32.2. The first-order valence-corrected chi connectivity index (χ1v) is 8.42. The summed E-state index contributed by atoms with van der Waals surface area (Å²) in [5, 5.41) is 0. The molecule has 1 aliphatic heterocycles. The number of Topliss-reactive ketones (excluding diaryl/α,β-unsaturated/α-hetero) is 2. The van der Waals surface area contributed by atoms with E-state index in [1.165, 1.54) is 9.79 Å². The fraction of sp³-hybridized carbons (Fsp3) is 0. The van der Waals surface area contributed by atoms with E-state index in [0.717, 1.165) is 4.24 Å². The minimum absolute atomic E-state index is 0.178. The molecule has 2 aromatic carbocycles. The Balaban J connectivity index is 1.65. The Morgan fingerprint density at radius 2 is 1.18 bits per heavy atom. The fourth-order valence-corrected chi connectivity index (χ4v) is 4.79. The largest absolute Gasteiger partial charge is 0.288 e. The predicted molar refractivity (Wildman–Crippen MR) is 89.4 cm³/mol. The van der Waals surface area contributed by atoms with Crippen molar-refractivity contribution in [3.63, 3.8) is 0 Å². The lowest BCUT2D eigenvalue weighted by Crippen LogP contribution is -1.99. The first kappa shape index (κ1) is 13.6. The third-order valence-corrected chi connectivity index (χ3v) is 6.02. The normalized spacial score (nSPS) is 15.8. The first-order valence-electron chi connectivity index (χ1n) is 6.79. The van der Waals surface area contributed by atoms with Crippen molar-refractivity contribution in [3.8, 4) is 0 Å². The lowest BCUT2D eigenvalue weighted by molar-refractivity contribution is 0.0989. The van der Waals surface area contributed by atoms with Gasteiger partial charge in [-0.3, -0.25) is 9.59 Å². The predicted octanol–water partition coefficient (Wildman–Crippen LogP) is 4.73. The van der Waals surface area contributed by atoms with Gasteiger partial charge in [0.05, 0.1) is 5.57 Å². The maximum absolute atomic E-state index is 12.3. The SMILES string of the molecule is O=C1C(=CC=C2Sc3ccccc3S2)C(=O)c2ccccc21. The number of benzene rings is 2. The molecule has 0 atom stereocenters. The minimum atomic E-state index is -0.178. The van der Waals surface area contributed by atoms with E-state index in [1.807, 2.05) is 18.2 Å². The van der Waals surface area contributed by atoms with Crippen LogP contribution in [-0.2, 0) is 0 Å². The molecule has 1 heterocycles. The molecule has 2 aliphatic rings. The summed E-state index contributed by atoms with van der Waals surface area (Å²) in [4.78, 5) is 27.0. The molecule has 0 saturated heterocycles. The quantitative estimate of drug-likeness (QED) is 0.561. The second-order valence-electron chi connectivity index (χ2n) is 4.92. The number of fused-ring (bicyclic) bond motifs is 2. The highest BCUT2D eigenvalue weighted by Crippen LogP contribution is 2.50. The van der Waals surface area contributed by atoms with E-state index in [1.54, 1.807) is 53.9 Å². The minimum Gasteiger partial charge on any atom is -0.288 e. The third-order valence-electron chi connectivity index (χ3n) is 3.56. The molecular formula is C18H10O2S2. The molecule has 1 aliphatic carbocycles. The molecule has 0 radical (unpaired) electrons. The van der Waals surface area contributed by atoms with Crippen LogP contribution in [0.2, 0.25) is 0 Å². The molecule has 0 spiro atoms. The van der Waals surface area contributed by atoms with Crippen LogP contribution in [0.3, 0.4) is 0 Å². The Kier molecular flexibility index (Phi) is 3.28. The van der Waals surface area contributed by atoms with Gasteiger partial charge >= 0.3 is 0 Å². The average molecular weight is 322 g/mol. The molecule has 0 N–H and O–H groups in total. The number of thioether (sulfide) groups is 2. The van der Waals surface area contributed by atoms with Gasteiger partial charge in [0, 0.05) is 25.2 Å². The number of carbonyl (C=O) groups excluding carboxylic acids is 2. The van der Waals surface area contributed by atoms with Crippen molar-refractivity contribution in [3.05, 3.63) is 81.6 Å². The van der Waals surface area contributed by atoms with E-state index in [9.17, 15) is 9.59 Å². The summed E-state index contributed by atoms with van der Waals surface area (Å²) in [6, 6.07) is 15.1. The van der Waals surface area contributed by atoms with Crippen molar-refractivity contribution in [1.82, 2.24) is 0 Å². The topological polar surface area (TPSA) is 34.1 Å². The van der Waals surface area contributed by atoms with E-state index in [2.05, 4.69) is 12.1 Å². The molecule has 0 aromatic heterocycles. The summed E-state index contributed by atoms with van der Waals surface area (Å²) in [6.45, 7) is 0. The van der Waals surface area contributed by atoms with E-state index in [-0.39, 0.29) is 17.1 Å². The molecule has 0 unspecified atom stereocenters. The average Bonchev–Trinajstić information content (AvgIpc) is 3.06. The monoisotopic (exact) mass is 322 g/mol. The van der Waals surface area contributed by atoms with Gasteiger partial charge in [-0.1, -0.05) is 59.9 Å². The van der Waals surface area contributed by atoms with Crippen LogP contribution in [0.25, 0.3) is 0 Å². The van der Waals surface area contributed by atoms with Gasteiger partial charge in [0.25, 0.3) is 0 Å². The summed E-state index contributed by atoms with van der Waals surface area (Å²) < 4.78 is 1.07. The zero-order valence-corrected chi connectivity index (χ0v) is 13.0. The van der Waals surface area contributed by atoms with Gasteiger partial charge in [0.1, 0.15) is 0 Å². The lowest BCUT2D eigenvalue weighted by Gasteiger charge is -1.92. The molecular weight excluding hydrogens is 312 g/mol. The van der Waals surface area contributed by atoms with Crippen LogP contribution in [0.4, 0.5) is 0 Å². The number of hydrogen-bond donors (Lipinski definition) is 0. The molecule has 2 nitrogen and oxygen atoms in total. The van der Waals surface area contributed by atoms with Crippen LogP contribution in [-0.4, -0.2) is 11.6 Å². The fourth-order valence-electron chi connectivity index (χ4n) is 2.50. The van der Waals surface area contributed by atoms with Gasteiger partial charge in [0.15, 0.2) is 11.6 Å². The van der Waals surface area contributed by atoms with Crippen LogP contribution < -0.4 is 0 Å². The third kappa shape index (κ3) is 2.16. The highest BCUT2D eigenvalue weighted by molar-refractivity contribution is 8.24. The number of ketones is 2. The molecule has 0 bridgehead atoms. The van der Waals surface area contributed by atoms with E-state index < -0.39 is 0 Å². The van der Waals surface area contributed by atoms with Crippen molar-refractivity contribution < 1.29 is 9.59 Å². The van der Waals surface area contributed by atoms with Gasteiger partial charge in [-0.25, -0.2) is 0 Å². The number of carbonyl (C=O) groups is 2. The second kappa shape index (κ2) is 5.30. The molecule has 2 aromatic rings. The molecule has 0 saturated carbocycles. The van der Waals surface area contributed by atoms with Crippen molar-refractivity contribution >= 4 is 35.1 Å². The van der Waals surface area contributed by atoms with E-state index in [4.69, 9.17) is 0 Å². The molecule has 0 fully saturated rings. The smallest absolute Gasteiger partial charge is 0.197 e. The van der Waals surface area contributed by atoms with Gasteiger partial charge < -0.3 is 0 Å². The van der Waals surface area contributed by atoms with Gasteiger partial charge in [0.2, 0.25) is 0 Å². The molecule has 4 rings (SSSR count). The maximum Gasteiger partial charge on any atom is 0.197 e. The number of rotatable bonds is 1. The summed E-state index contributed by atoms with van der Waals surface area (Å²) in [7, 11) is 0. The summed E-state index contributed by atoms with van der Waals surface area (Å²) >= 11 is 3.33. The second-order valence-corrected chi connectivity index (χ2v) is 7.35. The summed E-state index contributed by atoms with van der Waals surface area (Å²) in [5.74, 6) is -0.356. The van der Waals surface area contributed by atoms with Gasteiger partial charge in [-0.05, 0) is 24.3 Å². The molecule has 22 heavy (non-hydrogen) atoms. The van der Waals surface area contributed by atoms with Crippen molar-refractivity contribution in [2.75, 3.05) is 0 Å². The number of allylic oxidation sites excluding steroid dienone is 3. The van der Waals surface area contributed by atoms with Crippen LogP contribution >= 0.6 is 23.5 Å². The molecule has 4 heteroatoms. The molecule has 0 amide bonds. The zero-order valence-electron chi connectivity index (χ0n) is 11.4. The summed E-state index contributed by atoms with van der Waals surface area (Å²) in [5.41, 5.74) is 1.27. The maximum atomic E-state index is 12.3. The molecule has 106 valence electrons. The van der Waals surface area contributed by atoms with Crippen molar-refractivity contribution in [1.29, 1.82) is 0 Å². The Labute approximate surface area is 136 Å². The summed E-state index contributed by atoms with van der Waals surface area (Å²) in [6.07, 6.45) is 3.53. The Bertz CT molecular complexity index is 814. The van der Waals surface area contributed by atoms with E-state index >= 15 is 0 Å². The van der Waals surface area contributed by atoms with E-state index in [0.29, 0.717) is 11.1 Å². The lowest BCUT2D eigenvalue weighted by atomic mass is 10.1. The van der Waals surface area contributed by atoms with Crippen LogP contribution in [0.15, 0.2) is 80.3 Å². The highest BCUT2D eigenvalue weighted by Gasteiger charge is 2.32. The van der Waals surface area contributed by atoms with Crippen LogP contribution in [0.5, 0.6) is 0 Å². The van der Waals surface area contributed by atoms with Crippen LogP contribution in [0, 0.1) is 0 Å². The first-order chi connectivity index (χ1) is 10.7. The number of hydrogen-bond acceptors (Lipinski definition) is 4. The van der Waals surface area contributed by atoms with Crippen molar-refractivity contribution in [2.45, 2.75) is 9.79 Å². The standard InChI is InChI=1S/C18H10O2S2/c19-17-11-5-1-2-6-12(11)18(20)13(17)9-10-16-21-14-7-3-4-8-15(14)22-16/h1-10H. The Hall–Kier alpha value is -2.04. The zero-order chi connectivity index (χ0) is 15.1. The van der Waals surface area contributed by atoms with Crippen LogP contribution in [0.1, 0.15) is 20.7 Å². The Morgan fingerprint density at radius 1 is 0.682 bits per heavy atom. The van der Waals surface area contributed by atoms with Gasteiger partial charge in [-0.15, -0.1) is 0 Å².